The number of esters is 1. The minimum Gasteiger partial charge on any atom is -0.502 e. The predicted octanol–water partition coefficient (Wildman–Crippen LogP) is 3.03. The molecule has 0 saturated heterocycles. The summed E-state index contributed by atoms with van der Waals surface area (Å²) in [5.74, 6) is 0.331. The average Bonchev–Trinajstić information content (AvgIpc) is 2.54. The number of carbonyl (C=O) groups is 1. The van der Waals surface area contributed by atoms with Gasteiger partial charge >= 0.3 is 5.97 Å². The van der Waals surface area contributed by atoms with Crippen LogP contribution in [0, 0.1) is 0 Å². The highest BCUT2D eigenvalue weighted by molar-refractivity contribution is 5.89. The molecular weight excluding hydrogens is 284 g/mol. The Bertz CT molecular complexity index is 677. The Kier molecular flexibility index (Phi) is 5.03. The lowest BCUT2D eigenvalue weighted by Crippen LogP contribution is -2.03. The zero-order valence-corrected chi connectivity index (χ0v) is 12.3. The van der Waals surface area contributed by atoms with Crippen molar-refractivity contribution in [2.75, 3.05) is 14.2 Å². The van der Waals surface area contributed by atoms with E-state index < -0.39 is 5.97 Å². The van der Waals surface area contributed by atoms with E-state index in [2.05, 4.69) is 0 Å². The Labute approximate surface area is 128 Å². The van der Waals surface area contributed by atoms with Crippen molar-refractivity contribution in [3.63, 3.8) is 0 Å². The molecule has 0 saturated carbocycles. The number of phenols is 1. The largest absolute Gasteiger partial charge is 0.502 e. The van der Waals surface area contributed by atoms with Crippen molar-refractivity contribution in [1.29, 1.82) is 0 Å². The Morgan fingerprint density at radius 2 is 1.77 bits per heavy atom. The molecule has 114 valence electrons. The fraction of sp³-hybridized carbons (Fsp3) is 0.118. The molecule has 22 heavy (non-hydrogen) atoms. The molecule has 0 atom stereocenters. The van der Waals surface area contributed by atoms with E-state index in [1.54, 1.807) is 36.4 Å². The Morgan fingerprint density at radius 3 is 2.41 bits per heavy atom. The maximum absolute atomic E-state index is 11.8. The van der Waals surface area contributed by atoms with E-state index in [4.69, 9.17) is 14.2 Å². The number of para-hydroxylation sites is 1. The Hall–Kier alpha value is -2.95. The van der Waals surface area contributed by atoms with E-state index in [-0.39, 0.29) is 11.5 Å². The molecule has 0 aliphatic carbocycles. The number of methoxy groups -OCH3 is 2. The maximum Gasteiger partial charge on any atom is 0.336 e. The summed E-state index contributed by atoms with van der Waals surface area (Å²) < 4.78 is 15.3. The van der Waals surface area contributed by atoms with Gasteiger partial charge in [-0.05, 0) is 30.3 Å². The number of hydrogen-bond acceptors (Lipinski definition) is 5. The minimum atomic E-state index is -0.524. The van der Waals surface area contributed by atoms with Crippen LogP contribution in [-0.4, -0.2) is 25.3 Å². The summed E-state index contributed by atoms with van der Waals surface area (Å²) in [6.45, 7) is 0. The van der Waals surface area contributed by atoms with Crippen molar-refractivity contribution in [3.05, 3.63) is 54.1 Å². The van der Waals surface area contributed by atoms with E-state index >= 15 is 0 Å². The molecule has 2 rings (SSSR count). The van der Waals surface area contributed by atoms with Gasteiger partial charge in [-0.15, -0.1) is 0 Å². The van der Waals surface area contributed by atoms with Crippen LogP contribution >= 0.6 is 0 Å². The van der Waals surface area contributed by atoms with Crippen LogP contribution < -0.4 is 14.2 Å². The Balaban J connectivity index is 2.16. The highest BCUT2D eigenvalue weighted by Gasteiger charge is 2.12. The van der Waals surface area contributed by atoms with Crippen LogP contribution in [0.25, 0.3) is 6.08 Å². The number of aromatic hydroxyl groups is 1. The summed E-state index contributed by atoms with van der Waals surface area (Å²) in [5, 5.41) is 9.97. The van der Waals surface area contributed by atoms with Crippen LogP contribution in [0.15, 0.2) is 48.5 Å². The molecule has 0 radical (unpaired) electrons. The van der Waals surface area contributed by atoms with Crippen molar-refractivity contribution in [3.8, 4) is 23.0 Å². The number of benzene rings is 2. The van der Waals surface area contributed by atoms with Crippen LogP contribution in [0.2, 0.25) is 0 Å². The molecule has 0 unspecified atom stereocenters. The van der Waals surface area contributed by atoms with Gasteiger partial charge in [-0.25, -0.2) is 4.79 Å². The Morgan fingerprint density at radius 1 is 1.05 bits per heavy atom. The number of carbonyl (C=O) groups excluding carboxylic acids is 1. The van der Waals surface area contributed by atoms with Gasteiger partial charge in [0, 0.05) is 11.6 Å². The second-order valence-corrected chi connectivity index (χ2v) is 4.31. The number of phenolic OH excluding ortho intramolecular Hbond substituents is 1. The SMILES string of the molecule is COc1ccc(/C=C/C(=O)Oc2ccccc2)c(OC)c1O. The van der Waals surface area contributed by atoms with Gasteiger partial charge in [-0.2, -0.15) is 0 Å². The van der Waals surface area contributed by atoms with Crippen molar-refractivity contribution in [1.82, 2.24) is 0 Å². The van der Waals surface area contributed by atoms with Crippen molar-refractivity contribution in [2.24, 2.45) is 0 Å². The van der Waals surface area contributed by atoms with E-state index in [0.717, 1.165) is 0 Å². The monoisotopic (exact) mass is 300 g/mol. The van der Waals surface area contributed by atoms with Gasteiger partial charge in [0.1, 0.15) is 5.75 Å². The molecule has 0 heterocycles. The van der Waals surface area contributed by atoms with Crippen molar-refractivity contribution in [2.45, 2.75) is 0 Å². The first-order chi connectivity index (χ1) is 10.7. The van der Waals surface area contributed by atoms with E-state index in [9.17, 15) is 9.90 Å². The van der Waals surface area contributed by atoms with E-state index in [0.29, 0.717) is 17.1 Å². The van der Waals surface area contributed by atoms with Gasteiger partial charge in [0.15, 0.2) is 11.5 Å². The normalized spacial score (nSPS) is 10.5. The lowest BCUT2D eigenvalue weighted by Gasteiger charge is -2.10. The first-order valence-electron chi connectivity index (χ1n) is 6.54. The van der Waals surface area contributed by atoms with Crippen LogP contribution in [-0.2, 0) is 4.79 Å². The van der Waals surface area contributed by atoms with Gasteiger partial charge in [0.25, 0.3) is 0 Å². The van der Waals surface area contributed by atoms with Gasteiger partial charge in [0.05, 0.1) is 14.2 Å². The second kappa shape index (κ2) is 7.17. The first kappa shape index (κ1) is 15.4. The van der Waals surface area contributed by atoms with E-state index in [1.807, 2.05) is 6.07 Å². The third-order valence-corrected chi connectivity index (χ3v) is 2.91. The fourth-order valence-corrected chi connectivity index (χ4v) is 1.88. The summed E-state index contributed by atoms with van der Waals surface area (Å²) >= 11 is 0. The summed E-state index contributed by atoms with van der Waals surface area (Å²) in [6.07, 6.45) is 2.76. The molecule has 0 aliphatic heterocycles. The molecule has 0 aliphatic rings. The lowest BCUT2D eigenvalue weighted by molar-refractivity contribution is -0.128. The zero-order chi connectivity index (χ0) is 15.9. The number of hydrogen-bond donors (Lipinski definition) is 1. The molecule has 0 aromatic heterocycles. The molecule has 0 bridgehead atoms. The third-order valence-electron chi connectivity index (χ3n) is 2.91. The summed E-state index contributed by atoms with van der Waals surface area (Å²) in [4.78, 5) is 11.8. The standard InChI is InChI=1S/C17H16O5/c1-20-14-10-8-12(17(21-2)16(14)19)9-11-15(18)22-13-6-4-3-5-7-13/h3-11,19H,1-2H3/b11-9+. The zero-order valence-electron chi connectivity index (χ0n) is 12.3. The molecule has 0 amide bonds. The summed E-state index contributed by atoms with van der Waals surface area (Å²) in [7, 11) is 2.87. The van der Waals surface area contributed by atoms with E-state index in [1.165, 1.54) is 26.4 Å². The maximum atomic E-state index is 11.8. The highest BCUT2D eigenvalue weighted by Crippen LogP contribution is 2.39. The molecule has 0 spiro atoms. The number of ether oxygens (including phenoxy) is 3. The predicted molar refractivity (Wildman–Crippen MR) is 82.3 cm³/mol. The van der Waals surface area contributed by atoms with Gasteiger partial charge in [-0.1, -0.05) is 18.2 Å². The smallest absolute Gasteiger partial charge is 0.336 e. The molecule has 0 fully saturated rings. The third kappa shape index (κ3) is 3.58. The topological polar surface area (TPSA) is 65.0 Å². The molecule has 1 N–H and O–H groups in total. The minimum absolute atomic E-state index is 0.122. The van der Waals surface area contributed by atoms with Crippen LogP contribution in [0.5, 0.6) is 23.0 Å². The quantitative estimate of drug-likeness (QED) is 0.522. The van der Waals surface area contributed by atoms with Gasteiger partial charge < -0.3 is 19.3 Å². The van der Waals surface area contributed by atoms with Crippen molar-refractivity contribution < 1.29 is 24.1 Å². The van der Waals surface area contributed by atoms with Crippen molar-refractivity contribution >= 4 is 12.0 Å². The molecular formula is C17H16O5. The molecule has 2 aromatic carbocycles. The molecule has 2 aromatic rings. The van der Waals surface area contributed by atoms with Gasteiger partial charge in [-0.3, -0.25) is 0 Å². The average molecular weight is 300 g/mol. The van der Waals surface area contributed by atoms with Crippen LogP contribution in [0.4, 0.5) is 0 Å². The van der Waals surface area contributed by atoms with Gasteiger partial charge in [0.2, 0.25) is 5.75 Å². The van der Waals surface area contributed by atoms with Crippen LogP contribution in [0.3, 0.4) is 0 Å². The summed E-state index contributed by atoms with van der Waals surface area (Å²) in [6, 6.07) is 12.0. The molecule has 5 nitrogen and oxygen atoms in total. The summed E-state index contributed by atoms with van der Waals surface area (Å²) in [5.41, 5.74) is 0.533. The first-order valence-corrected chi connectivity index (χ1v) is 6.54. The van der Waals surface area contributed by atoms with Crippen LogP contribution in [0.1, 0.15) is 5.56 Å². The second-order valence-electron chi connectivity index (χ2n) is 4.31. The number of rotatable bonds is 5. The lowest BCUT2D eigenvalue weighted by atomic mass is 10.1. The molecule has 5 heteroatoms. The highest BCUT2D eigenvalue weighted by atomic mass is 16.5. The fourth-order valence-electron chi connectivity index (χ4n) is 1.88.